The molecule has 1 aromatic heterocycles. The van der Waals surface area contributed by atoms with E-state index in [1.807, 2.05) is 13.8 Å². The highest BCUT2D eigenvalue weighted by Gasteiger charge is 2.25. The van der Waals surface area contributed by atoms with Crippen LogP contribution in [-0.4, -0.2) is 23.5 Å². The summed E-state index contributed by atoms with van der Waals surface area (Å²) < 4.78 is 0. The Kier molecular flexibility index (Phi) is 2.52. The summed E-state index contributed by atoms with van der Waals surface area (Å²) in [7, 11) is 0. The van der Waals surface area contributed by atoms with E-state index in [-0.39, 0.29) is 11.9 Å². The smallest absolute Gasteiger partial charge is 0.243 e. The fourth-order valence-electron chi connectivity index (χ4n) is 1.23. The van der Waals surface area contributed by atoms with Crippen LogP contribution in [0.5, 0.6) is 0 Å². The van der Waals surface area contributed by atoms with Crippen molar-refractivity contribution < 1.29 is 4.79 Å². The number of carbonyl (C=O) groups excluding carboxylic acids is 1. The number of hydrogen-bond acceptors (Lipinski definition) is 4. The lowest BCUT2D eigenvalue weighted by atomic mass is 10.1. The third kappa shape index (κ3) is 1.78. The lowest BCUT2D eigenvalue weighted by Crippen LogP contribution is -2.50. The lowest BCUT2D eigenvalue weighted by Gasteiger charge is -2.25. The molecule has 0 aromatic carbocycles. The van der Waals surface area contributed by atoms with Gasteiger partial charge in [-0.05, 0) is 26.8 Å². The predicted octanol–water partition coefficient (Wildman–Crippen LogP) is 1.06. The standard InChI is InChI=1S/C9H13N3OS/c1-5-6(2)14-9(11-5)12-8(13)7-3-4-10-7/h7,10H,3-4H2,1-2H3,(H,11,12,13). The van der Waals surface area contributed by atoms with Crippen LogP contribution in [-0.2, 0) is 4.79 Å². The van der Waals surface area contributed by atoms with Crippen molar-refractivity contribution in [2.24, 2.45) is 0 Å². The first-order valence-corrected chi connectivity index (χ1v) is 5.47. The SMILES string of the molecule is Cc1nc(NC(=O)C2CCN2)sc1C. The van der Waals surface area contributed by atoms with E-state index in [2.05, 4.69) is 15.6 Å². The van der Waals surface area contributed by atoms with E-state index in [9.17, 15) is 4.79 Å². The zero-order chi connectivity index (χ0) is 10.1. The largest absolute Gasteiger partial charge is 0.306 e. The molecule has 1 fully saturated rings. The van der Waals surface area contributed by atoms with Gasteiger partial charge in [-0.1, -0.05) is 0 Å². The highest BCUT2D eigenvalue weighted by atomic mass is 32.1. The van der Waals surface area contributed by atoms with E-state index in [1.54, 1.807) is 0 Å². The summed E-state index contributed by atoms with van der Waals surface area (Å²) in [6.07, 6.45) is 0.926. The van der Waals surface area contributed by atoms with Gasteiger partial charge in [0.1, 0.15) is 0 Å². The molecular formula is C9H13N3OS. The maximum absolute atomic E-state index is 11.5. The Morgan fingerprint density at radius 2 is 2.36 bits per heavy atom. The molecule has 1 atom stereocenters. The summed E-state index contributed by atoms with van der Waals surface area (Å²) in [6, 6.07) is -0.0143. The van der Waals surface area contributed by atoms with Gasteiger partial charge >= 0.3 is 0 Å². The number of carbonyl (C=O) groups is 1. The summed E-state index contributed by atoms with van der Waals surface area (Å²) in [6.45, 7) is 4.89. The molecule has 1 saturated heterocycles. The molecular weight excluding hydrogens is 198 g/mol. The Morgan fingerprint density at radius 3 is 2.79 bits per heavy atom. The van der Waals surface area contributed by atoms with Gasteiger partial charge in [0, 0.05) is 4.88 Å². The van der Waals surface area contributed by atoms with Gasteiger partial charge in [-0.15, -0.1) is 11.3 Å². The van der Waals surface area contributed by atoms with E-state index in [4.69, 9.17) is 0 Å². The van der Waals surface area contributed by atoms with Crippen molar-refractivity contribution in [3.05, 3.63) is 10.6 Å². The van der Waals surface area contributed by atoms with E-state index in [1.165, 1.54) is 11.3 Å². The molecule has 0 spiro atoms. The molecule has 1 aliphatic heterocycles. The number of nitrogens with zero attached hydrogens (tertiary/aromatic N) is 1. The van der Waals surface area contributed by atoms with Crippen LogP contribution in [0.2, 0.25) is 0 Å². The Balaban J connectivity index is 1.99. The summed E-state index contributed by atoms with van der Waals surface area (Å²) in [5.41, 5.74) is 0.992. The van der Waals surface area contributed by atoms with E-state index in [0.29, 0.717) is 5.13 Å². The molecule has 0 radical (unpaired) electrons. The number of anilines is 1. The fourth-order valence-corrected chi connectivity index (χ4v) is 2.05. The van der Waals surface area contributed by atoms with Crippen LogP contribution in [0.3, 0.4) is 0 Å². The van der Waals surface area contributed by atoms with Crippen LogP contribution in [0.1, 0.15) is 17.0 Å². The van der Waals surface area contributed by atoms with Crippen LogP contribution >= 0.6 is 11.3 Å². The van der Waals surface area contributed by atoms with Gasteiger partial charge < -0.3 is 10.6 Å². The molecule has 1 aromatic rings. The van der Waals surface area contributed by atoms with Crippen molar-refractivity contribution in [3.63, 3.8) is 0 Å². The van der Waals surface area contributed by atoms with Crippen LogP contribution in [0.15, 0.2) is 0 Å². The average molecular weight is 211 g/mol. The first-order chi connectivity index (χ1) is 6.66. The first-order valence-electron chi connectivity index (χ1n) is 4.65. The van der Waals surface area contributed by atoms with E-state index >= 15 is 0 Å². The van der Waals surface area contributed by atoms with Gasteiger partial charge in [-0.2, -0.15) is 0 Å². The summed E-state index contributed by atoms with van der Waals surface area (Å²) in [5.74, 6) is 0.0324. The molecule has 1 aliphatic rings. The second-order valence-electron chi connectivity index (χ2n) is 3.45. The van der Waals surface area contributed by atoms with Gasteiger partial charge in [-0.3, -0.25) is 4.79 Å². The maximum Gasteiger partial charge on any atom is 0.243 e. The number of hydrogen-bond donors (Lipinski definition) is 2. The van der Waals surface area contributed by atoms with Gasteiger partial charge in [0.2, 0.25) is 5.91 Å². The van der Waals surface area contributed by atoms with E-state index in [0.717, 1.165) is 23.5 Å². The second kappa shape index (κ2) is 3.67. The van der Waals surface area contributed by atoms with Gasteiger partial charge in [0.25, 0.3) is 0 Å². The zero-order valence-corrected chi connectivity index (χ0v) is 9.07. The molecule has 2 heterocycles. The fraction of sp³-hybridized carbons (Fsp3) is 0.556. The average Bonchev–Trinajstić information content (AvgIpc) is 2.26. The Morgan fingerprint density at radius 1 is 1.64 bits per heavy atom. The quantitative estimate of drug-likeness (QED) is 0.769. The van der Waals surface area contributed by atoms with Crippen molar-refractivity contribution in [2.75, 3.05) is 11.9 Å². The molecule has 14 heavy (non-hydrogen) atoms. The minimum Gasteiger partial charge on any atom is -0.306 e. The topological polar surface area (TPSA) is 54.0 Å². The van der Waals surface area contributed by atoms with Crippen LogP contribution in [0.25, 0.3) is 0 Å². The number of thiazole rings is 1. The lowest BCUT2D eigenvalue weighted by molar-refractivity contribution is -0.119. The Labute approximate surface area is 86.7 Å². The van der Waals surface area contributed by atoms with Crippen molar-refractivity contribution >= 4 is 22.4 Å². The molecule has 0 aliphatic carbocycles. The molecule has 4 nitrogen and oxygen atoms in total. The minimum atomic E-state index is -0.0143. The second-order valence-corrected chi connectivity index (χ2v) is 4.65. The number of nitrogens with one attached hydrogen (secondary N) is 2. The molecule has 2 N–H and O–H groups in total. The minimum absolute atomic E-state index is 0.0143. The van der Waals surface area contributed by atoms with Gasteiger partial charge in [0.05, 0.1) is 11.7 Å². The van der Waals surface area contributed by atoms with Crippen molar-refractivity contribution in [1.82, 2.24) is 10.3 Å². The highest BCUT2D eigenvalue weighted by molar-refractivity contribution is 7.15. The molecule has 2 rings (SSSR count). The van der Waals surface area contributed by atoms with Crippen LogP contribution < -0.4 is 10.6 Å². The number of aryl methyl sites for hydroxylation is 2. The van der Waals surface area contributed by atoms with Crippen molar-refractivity contribution in [3.8, 4) is 0 Å². The van der Waals surface area contributed by atoms with E-state index < -0.39 is 0 Å². The number of aromatic nitrogens is 1. The third-order valence-electron chi connectivity index (χ3n) is 2.40. The molecule has 1 amide bonds. The molecule has 0 bridgehead atoms. The first kappa shape index (κ1) is 9.61. The van der Waals surface area contributed by atoms with Gasteiger partial charge in [0.15, 0.2) is 5.13 Å². The molecule has 1 unspecified atom stereocenters. The highest BCUT2D eigenvalue weighted by Crippen LogP contribution is 2.21. The Hall–Kier alpha value is -0.940. The molecule has 5 heteroatoms. The summed E-state index contributed by atoms with van der Waals surface area (Å²) >= 11 is 1.52. The molecule has 0 saturated carbocycles. The predicted molar refractivity (Wildman–Crippen MR) is 56.6 cm³/mol. The van der Waals surface area contributed by atoms with Crippen molar-refractivity contribution in [2.45, 2.75) is 26.3 Å². The monoisotopic (exact) mass is 211 g/mol. The summed E-state index contributed by atoms with van der Waals surface area (Å²) in [4.78, 5) is 16.9. The zero-order valence-electron chi connectivity index (χ0n) is 8.26. The van der Waals surface area contributed by atoms with Crippen LogP contribution in [0, 0.1) is 13.8 Å². The number of rotatable bonds is 2. The normalized spacial score (nSPS) is 20.3. The maximum atomic E-state index is 11.5. The number of amides is 1. The molecule has 76 valence electrons. The third-order valence-corrected chi connectivity index (χ3v) is 3.39. The van der Waals surface area contributed by atoms with Crippen molar-refractivity contribution in [1.29, 1.82) is 0 Å². The summed E-state index contributed by atoms with van der Waals surface area (Å²) in [5, 5.41) is 6.57. The van der Waals surface area contributed by atoms with Crippen LogP contribution in [0.4, 0.5) is 5.13 Å². The van der Waals surface area contributed by atoms with Gasteiger partial charge in [-0.25, -0.2) is 4.98 Å². The Bertz CT molecular complexity index is 337.